The smallest absolute Gasteiger partial charge is 0.323 e. The molecule has 0 spiro atoms. The molecule has 2 amide bonds. The number of benzene rings is 1. The molecule has 0 unspecified atom stereocenters. The molecule has 0 aromatic heterocycles. The molecule has 0 aliphatic heterocycles. The fourth-order valence-corrected chi connectivity index (χ4v) is 3.82. The predicted octanol–water partition coefficient (Wildman–Crippen LogP) is 1.51. The fraction of sp³-hybridized carbons (Fsp3) is 0.182. The van der Waals surface area contributed by atoms with Crippen LogP contribution in [0.5, 0.6) is 0 Å². The van der Waals surface area contributed by atoms with E-state index in [4.69, 9.17) is 10.8 Å². The molecule has 3 N–H and O–H groups in total. The third-order valence-electron chi connectivity index (χ3n) is 2.18. The Morgan fingerprint density at radius 1 is 1.15 bits per heavy atom. The van der Waals surface area contributed by atoms with Crippen molar-refractivity contribution in [3.8, 4) is 0 Å². The van der Waals surface area contributed by atoms with Crippen LogP contribution >= 0.6 is 67.8 Å². The zero-order chi connectivity index (χ0) is 15.4. The third kappa shape index (κ3) is 4.98. The van der Waals surface area contributed by atoms with Crippen LogP contribution in [-0.2, 0) is 9.59 Å². The van der Waals surface area contributed by atoms with E-state index in [2.05, 4.69) is 45.2 Å². The second-order valence-electron chi connectivity index (χ2n) is 3.77. The minimum absolute atomic E-state index is 0.365. The van der Waals surface area contributed by atoms with E-state index < -0.39 is 30.9 Å². The number of halogens is 3. The highest BCUT2D eigenvalue weighted by atomic mass is 127. The van der Waals surface area contributed by atoms with E-state index in [1.807, 2.05) is 28.7 Å². The van der Waals surface area contributed by atoms with Crippen molar-refractivity contribution in [2.45, 2.75) is 0 Å². The van der Waals surface area contributed by atoms with E-state index in [-0.39, 0.29) is 0 Å². The van der Waals surface area contributed by atoms with Crippen molar-refractivity contribution >= 4 is 85.6 Å². The van der Waals surface area contributed by atoms with Gasteiger partial charge in [-0.3, -0.25) is 14.4 Å². The highest BCUT2D eigenvalue weighted by Crippen LogP contribution is 2.24. The molecule has 108 valence electrons. The van der Waals surface area contributed by atoms with Gasteiger partial charge in [0, 0.05) is 10.7 Å². The van der Waals surface area contributed by atoms with Gasteiger partial charge in [0.15, 0.2) is 0 Å². The number of nitrogens with zero attached hydrogens (tertiary/aromatic N) is 1. The lowest BCUT2D eigenvalue weighted by Crippen LogP contribution is -2.41. The molecule has 9 heteroatoms. The number of aliphatic carboxylic acids is 1. The maximum absolute atomic E-state index is 12.4. The van der Waals surface area contributed by atoms with Crippen LogP contribution in [-0.4, -0.2) is 40.9 Å². The van der Waals surface area contributed by atoms with Crippen LogP contribution < -0.4 is 5.73 Å². The number of carbonyl (C=O) groups excluding carboxylic acids is 2. The molecule has 1 aromatic carbocycles. The summed E-state index contributed by atoms with van der Waals surface area (Å²) >= 11 is 6.18. The molecule has 20 heavy (non-hydrogen) atoms. The summed E-state index contributed by atoms with van der Waals surface area (Å²) in [6.07, 6.45) is 0. The molecule has 6 nitrogen and oxygen atoms in total. The van der Waals surface area contributed by atoms with Crippen molar-refractivity contribution in [2.24, 2.45) is 5.73 Å². The van der Waals surface area contributed by atoms with Gasteiger partial charge in [-0.1, -0.05) is 0 Å². The van der Waals surface area contributed by atoms with Gasteiger partial charge < -0.3 is 15.7 Å². The van der Waals surface area contributed by atoms with E-state index >= 15 is 0 Å². The SMILES string of the molecule is NC(=O)CN(CC(=O)O)C(=O)c1cc(I)cc(I)c1I. The second-order valence-corrected chi connectivity index (χ2v) is 7.26. The molecule has 0 saturated heterocycles. The van der Waals surface area contributed by atoms with E-state index in [0.717, 1.165) is 12.0 Å². The Labute approximate surface area is 155 Å². The average molecular weight is 614 g/mol. The zero-order valence-electron chi connectivity index (χ0n) is 9.90. The van der Waals surface area contributed by atoms with Gasteiger partial charge >= 0.3 is 5.97 Å². The summed E-state index contributed by atoms with van der Waals surface area (Å²) in [6, 6.07) is 3.55. The number of primary amides is 1. The Morgan fingerprint density at radius 2 is 1.75 bits per heavy atom. The Morgan fingerprint density at radius 3 is 2.25 bits per heavy atom. The lowest BCUT2D eigenvalue weighted by Gasteiger charge is -2.20. The van der Waals surface area contributed by atoms with Gasteiger partial charge in [0.1, 0.15) is 13.1 Å². The number of carboxylic acids is 1. The number of amides is 2. The number of carbonyl (C=O) groups is 3. The number of nitrogens with two attached hydrogens (primary N) is 1. The largest absolute Gasteiger partial charge is 0.480 e. The molecule has 0 saturated carbocycles. The van der Waals surface area contributed by atoms with Crippen LogP contribution in [0.25, 0.3) is 0 Å². The molecule has 0 fully saturated rings. The first kappa shape index (κ1) is 17.9. The summed E-state index contributed by atoms with van der Waals surface area (Å²) in [5, 5.41) is 8.82. The van der Waals surface area contributed by atoms with Gasteiger partial charge in [-0.15, -0.1) is 0 Å². The topological polar surface area (TPSA) is 101 Å². The first-order chi connectivity index (χ1) is 9.22. The first-order valence-corrected chi connectivity index (χ1v) is 8.40. The molecule has 0 radical (unpaired) electrons. The van der Waals surface area contributed by atoms with Crippen molar-refractivity contribution < 1.29 is 19.5 Å². The number of hydrogen-bond donors (Lipinski definition) is 2. The van der Waals surface area contributed by atoms with E-state index in [1.54, 1.807) is 6.07 Å². The molecule has 0 aliphatic carbocycles. The maximum Gasteiger partial charge on any atom is 0.323 e. The Bertz CT molecular complexity index is 561. The number of carboxylic acid groups (broad SMARTS) is 1. The van der Waals surface area contributed by atoms with E-state index in [9.17, 15) is 14.4 Å². The lowest BCUT2D eigenvalue weighted by molar-refractivity contribution is -0.138. The molecular weight excluding hydrogens is 605 g/mol. The molecule has 0 aliphatic rings. The van der Waals surface area contributed by atoms with Crippen LogP contribution in [0.15, 0.2) is 12.1 Å². The van der Waals surface area contributed by atoms with Crippen LogP contribution in [0, 0.1) is 10.7 Å². The number of hydrogen-bond acceptors (Lipinski definition) is 3. The van der Waals surface area contributed by atoms with E-state index in [0.29, 0.717) is 9.13 Å². The standard InChI is InChI=1S/C11H9I3N2O4/c12-5-1-6(10(14)7(13)2-5)11(20)16(3-8(15)17)4-9(18)19/h1-2H,3-4H2,(H2,15,17)(H,18,19). The summed E-state index contributed by atoms with van der Waals surface area (Å²) in [4.78, 5) is 35.1. The maximum atomic E-state index is 12.4. The molecular formula is C11H9I3N2O4. The Kier molecular flexibility index (Phi) is 6.90. The van der Waals surface area contributed by atoms with Crippen LogP contribution in [0.3, 0.4) is 0 Å². The van der Waals surface area contributed by atoms with Gasteiger partial charge in [-0.05, 0) is 79.9 Å². The first-order valence-electron chi connectivity index (χ1n) is 5.16. The van der Waals surface area contributed by atoms with Crippen LogP contribution in [0.4, 0.5) is 0 Å². The highest BCUT2D eigenvalue weighted by Gasteiger charge is 2.23. The monoisotopic (exact) mass is 614 g/mol. The van der Waals surface area contributed by atoms with Crippen molar-refractivity contribution in [3.05, 3.63) is 28.4 Å². The van der Waals surface area contributed by atoms with Gasteiger partial charge in [-0.25, -0.2) is 0 Å². The van der Waals surface area contributed by atoms with Crippen molar-refractivity contribution in [2.75, 3.05) is 13.1 Å². The summed E-state index contributed by atoms with van der Waals surface area (Å²) in [6.45, 7) is -0.997. The average Bonchev–Trinajstić information content (AvgIpc) is 2.30. The summed E-state index contributed by atoms with van der Waals surface area (Å²) in [7, 11) is 0. The molecule has 1 rings (SSSR count). The highest BCUT2D eigenvalue weighted by molar-refractivity contribution is 14.1. The van der Waals surface area contributed by atoms with E-state index in [1.165, 1.54) is 0 Å². The summed E-state index contributed by atoms with van der Waals surface area (Å²) < 4.78 is 2.45. The van der Waals surface area contributed by atoms with Crippen molar-refractivity contribution in [1.82, 2.24) is 4.90 Å². The van der Waals surface area contributed by atoms with Crippen molar-refractivity contribution in [1.29, 1.82) is 0 Å². The van der Waals surface area contributed by atoms with Crippen LogP contribution in [0.2, 0.25) is 0 Å². The van der Waals surface area contributed by atoms with Gasteiger partial charge in [0.05, 0.1) is 5.56 Å². The van der Waals surface area contributed by atoms with Gasteiger partial charge in [0.2, 0.25) is 5.91 Å². The van der Waals surface area contributed by atoms with Crippen LogP contribution in [0.1, 0.15) is 10.4 Å². The summed E-state index contributed by atoms with van der Waals surface area (Å²) in [5.74, 6) is -2.48. The quantitative estimate of drug-likeness (QED) is 0.389. The molecule has 1 aromatic rings. The Balaban J connectivity index is 3.17. The lowest BCUT2D eigenvalue weighted by atomic mass is 10.2. The summed E-state index contributed by atoms with van der Waals surface area (Å²) in [5.41, 5.74) is 5.42. The van der Waals surface area contributed by atoms with Gasteiger partial charge in [-0.2, -0.15) is 0 Å². The molecule has 0 atom stereocenters. The molecule has 0 heterocycles. The minimum Gasteiger partial charge on any atom is -0.480 e. The Hall–Kier alpha value is -0.180. The number of rotatable bonds is 5. The van der Waals surface area contributed by atoms with Gasteiger partial charge in [0.25, 0.3) is 5.91 Å². The predicted molar refractivity (Wildman–Crippen MR) is 97.3 cm³/mol. The second kappa shape index (κ2) is 7.72. The fourth-order valence-electron chi connectivity index (χ4n) is 1.43. The minimum atomic E-state index is -1.20. The third-order valence-corrected chi connectivity index (χ3v) is 5.85. The van der Waals surface area contributed by atoms with Crippen molar-refractivity contribution in [3.63, 3.8) is 0 Å². The zero-order valence-corrected chi connectivity index (χ0v) is 16.4. The normalized spacial score (nSPS) is 10.2. The molecule has 0 bridgehead atoms.